The van der Waals surface area contributed by atoms with Gasteiger partial charge in [0.2, 0.25) is 0 Å². The van der Waals surface area contributed by atoms with Crippen molar-refractivity contribution in [1.29, 1.82) is 0 Å². The molecular formula is C20H19N3O3S. The third-order valence-electron chi connectivity index (χ3n) is 3.97. The molecule has 3 aromatic rings. The highest BCUT2D eigenvalue weighted by Gasteiger charge is 2.14. The number of nitrogens with zero attached hydrogens (tertiary/aromatic N) is 2. The van der Waals surface area contributed by atoms with E-state index in [1.807, 2.05) is 12.1 Å². The average molecular weight is 381 g/mol. The zero-order valence-corrected chi connectivity index (χ0v) is 15.8. The highest BCUT2D eigenvalue weighted by Crippen LogP contribution is 2.30. The van der Waals surface area contributed by atoms with E-state index in [1.54, 1.807) is 63.0 Å². The van der Waals surface area contributed by atoms with Crippen LogP contribution in [0.15, 0.2) is 60.9 Å². The van der Waals surface area contributed by atoms with E-state index < -0.39 is 0 Å². The number of anilines is 1. The summed E-state index contributed by atoms with van der Waals surface area (Å²) in [4.78, 5) is 21.0. The Bertz CT molecular complexity index is 918. The molecule has 7 heteroatoms. The molecule has 0 radical (unpaired) electrons. The summed E-state index contributed by atoms with van der Waals surface area (Å²) in [6.45, 7) is 0. The monoisotopic (exact) mass is 381 g/mol. The quantitative estimate of drug-likeness (QED) is 0.636. The van der Waals surface area contributed by atoms with Crippen LogP contribution in [0.5, 0.6) is 11.5 Å². The van der Waals surface area contributed by atoms with E-state index in [4.69, 9.17) is 9.47 Å². The molecule has 0 saturated carbocycles. The lowest BCUT2D eigenvalue weighted by Gasteiger charge is -2.13. The molecule has 0 aliphatic carbocycles. The molecule has 1 aromatic heterocycles. The van der Waals surface area contributed by atoms with Crippen LogP contribution in [0.1, 0.15) is 27.0 Å². The summed E-state index contributed by atoms with van der Waals surface area (Å²) in [5, 5.41) is 2.58. The van der Waals surface area contributed by atoms with Gasteiger partial charge in [0.15, 0.2) is 0 Å². The number of rotatable bonds is 6. The van der Waals surface area contributed by atoms with Crippen LogP contribution in [0.2, 0.25) is 0 Å². The summed E-state index contributed by atoms with van der Waals surface area (Å²) in [6.07, 6.45) is 3.35. The molecular weight excluding hydrogens is 362 g/mol. The van der Waals surface area contributed by atoms with Crippen molar-refractivity contribution in [3.05, 3.63) is 77.9 Å². The van der Waals surface area contributed by atoms with Crippen molar-refractivity contribution in [3.63, 3.8) is 0 Å². The fourth-order valence-corrected chi connectivity index (χ4v) is 2.83. The van der Waals surface area contributed by atoms with Crippen LogP contribution in [-0.4, -0.2) is 30.1 Å². The predicted molar refractivity (Wildman–Crippen MR) is 107 cm³/mol. The van der Waals surface area contributed by atoms with Gasteiger partial charge in [0.05, 0.1) is 25.2 Å². The van der Waals surface area contributed by atoms with Gasteiger partial charge < -0.3 is 14.8 Å². The normalized spacial score (nSPS) is 11.5. The van der Waals surface area contributed by atoms with E-state index in [-0.39, 0.29) is 11.2 Å². The first-order valence-electron chi connectivity index (χ1n) is 8.20. The molecule has 0 aliphatic rings. The van der Waals surface area contributed by atoms with E-state index in [0.717, 1.165) is 5.56 Å². The summed E-state index contributed by atoms with van der Waals surface area (Å²) >= 11 is 4.57. The number of aromatic nitrogens is 2. The van der Waals surface area contributed by atoms with Crippen LogP contribution in [0, 0.1) is 0 Å². The first-order chi connectivity index (χ1) is 13.1. The SMILES string of the molecule is COc1ccc(OC)c(NC(=O)c2ccc(C(S)c3ncccn3)cc2)c1. The summed E-state index contributed by atoms with van der Waals surface area (Å²) in [7, 11) is 3.11. The van der Waals surface area contributed by atoms with Crippen molar-refractivity contribution in [2.24, 2.45) is 0 Å². The van der Waals surface area contributed by atoms with Crippen LogP contribution >= 0.6 is 12.6 Å². The standard InChI is InChI=1S/C20H19N3O3S/c1-25-15-8-9-17(26-2)16(12-15)23-20(24)14-6-4-13(5-7-14)18(27)19-21-10-3-11-22-19/h3-12,18,27H,1-2H3,(H,23,24). The molecule has 138 valence electrons. The van der Waals surface area contributed by atoms with Gasteiger partial charge in [0.25, 0.3) is 5.91 Å². The Morgan fingerprint density at radius 2 is 1.74 bits per heavy atom. The van der Waals surface area contributed by atoms with E-state index >= 15 is 0 Å². The Hall–Kier alpha value is -3.06. The molecule has 0 aliphatic heterocycles. The molecule has 1 amide bonds. The largest absolute Gasteiger partial charge is 0.497 e. The van der Waals surface area contributed by atoms with Crippen LogP contribution < -0.4 is 14.8 Å². The van der Waals surface area contributed by atoms with Gasteiger partial charge in [-0.1, -0.05) is 12.1 Å². The lowest BCUT2D eigenvalue weighted by molar-refractivity contribution is 0.102. The van der Waals surface area contributed by atoms with Crippen molar-refractivity contribution in [2.45, 2.75) is 5.25 Å². The van der Waals surface area contributed by atoms with Gasteiger partial charge in [-0.2, -0.15) is 12.6 Å². The number of amides is 1. The minimum Gasteiger partial charge on any atom is -0.497 e. The maximum Gasteiger partial charge on any atom is 0.255 e. The molecule has 1 N–H and O–H groups in total. The van der Waals surface area contributed by atoms with Crippen molar-refractivity contribution in [3.8, 4) is 11.5 Å². The molecule has 3 rings (SSSR count). The number of thiol groups is 1. The van der Waals surface area contributed by atoms with Gasteiger partial charge >= 0.3 is 0 Å². The van der Waals surface area contributed by atoms with Gasteiger partial charge in [0.1, 0.15) is 17.3 Å². The highest BCUT2D eigenvalue weighted by molar-refractivity contribution is 7.80. The second kappa shape index (κ2) is 8.55. The predicted octanol–water partition coefficient (Wildman–Crippen LogP) is 3.77. The molecule has 1 unspecified atom stereocenters. The Morgan fingerprint density at radius 3 is 2.37 bits per heavy atom. The zero-order valence-electron chi connectivity index (χ0n) is 14.9. The second-order valence-corrected chi connectivity index (χ2v) is 6.17. The van der Waals surface area contributed by atoms with Crippen molar-refractivity contribution >= 4 is 24.2 Å². The van der Waals surface area contributed by atoms with Crippen LogP contribution in [0.25, 0.3) is 0 Å². The summed E-state index contributed by atoms with van der Waals surface area (Å²) in [6, 6.07) is 14.1. The zero-order chi connectivity index (χ0) is 19.2. The molecule has 27 heavy (non-hydrogen) atoms. The number of methoxy groups -OCH3 is 2. The van der Waals surface area contributed by atoms with E-state index in [9.17, 15) is 4.79 Å². The van der Waals surface area contributed by atoms with Gasteiger partial charge in [0, 0.05) is 24.0 Å². The summed E-state index contributed by atoms with van der Waals surface area (Å²) < 4.78 is 10.5. The van der Waals surface area contributed by atoms with E-state index in [2.05, 4.69) is 27.9 Å². The number of hydrogen-bond donors (Lipinski definition) is 2. The van der Waals surface area contributed by atoms with Gasteiger partial charge in [-0.15, -0.1) is 0 Å². The van der Waals surface area contributed by atoms with Crippen molar-refractivity contribution in [2.75, 3.05) is 19.5 Å². The Labute approximate surface area is 163 Å². The van der Waals surface area contributed by atoms with E-state index in [1.165, 1.54) is 0 Å². The highest BCUT2D eigenvalue weighted by atomic mass is 32.1. The third-order valence-corrected chi connectivity index (χ3v) is 4.50. The van der Waals surface area contributed by atoms with Gasteiger partial charge in [-0.05, 0) is 35.9 Å². The average Bonchev–Trinajstić information content (AvgIpc) is 2.73. The second-order valence-electron chi connectivity index (χ2n) is 5.65. The summed E-state index contributed by atoms with van der Waals surface area (Å²) in [5.41, 5.74) is 1.95. The van der Waals surface area contributed by atoms with E-state index in [0.29, 0.717) is 28.6 Å². The first-order valence-corrected chi connectivity index (χ1v) is 8.72. The third kappa shape index (κ3) is 4.38. The maximum absolute atomic E-state index is 12.6. The molecule has 2 aromatic carbocycles. The minimum absolute atomic E-state index is 0.250. The smallest absolute Gasteiger partial charge is 0.255 e. The topological polar surface area (TPSA) is 73.3 Å². The van der Waals surface area contributed by atoms with Crippen LogP contribution in [0.4, 0.5) is 5.69 Å². The number of carbonyl (C=O) groups is 1. The number of hydrogen-bond acceptors (Lipinski definition) is 6. The van der Waals surface area contributed by atoms with Crippen LogP contribution in [0.3, 0.4) is 0 Å². The fourth-order valence-electron chi connectivity index (χ4n) is 2.52. The number of nitrogens with one attached hydrogen (secondary N) is 1. The Balaban J connectivity index is 1.77. The van der Waals surface area contributed by atoms with Crippen molar-refractivity contribution in [1.82, 2.24) is 9.97 Å². The Morgan fingerprint density at radius 1 is 1.04 bits per heavy atom. The molecule has 0 spiro atoms. The maximum atomic E-state index is 12.6. The molecule has 1 atom stereocenters. The van der Waals surface area contributed by atoms with Crippen molar-refractivity contribution < 1.29 is 14.3 Å². The van der Waals surface area contributed by atoms with Gasteiger partial charge in [-0.25, -0.2) is 9.97 Å². The summed E-state index contributed by atoms with van der Waals surface area (Å²) in [5.74, 6) is 1.54. The Kier molecular flexibility index (Phi) is 5.93. The molecule has 1 heterocycles. The molecule has 6 nitrogen and oxygen atoms in total. The van der Waals surface area contributed by atoms with Crippen LogP contribution in [-0.2, 0) is 0 Å². The van der Waals surface area contributed by atoms with Gasteiger partial charge in [-0.3, -0.25) is 4.79 Å². The molecule has 0 saturated heterocycles. The lowest BCUT2D eigenvalue weighted by atomic mass is 10.1. The number of benzene rings is 2. The number of ether oxygens (including phenoxy) is 2. The molecule has 0 bridgehead atoms. The lowest BCUT2D eigenvalue weighted by Crippen LogP contribution is -2.13. The number of carbonyl (C=O) groups excluding carboxylic acids is 1. The fraction of sp³-hybridized carbons (Fsp3) is 0.150. The molecule has 0 fully saturated rings. The minimum atomic E-state index is -0.262. The first kappa shape index (κ1) is 18.7.